The van der Waals surface area contributed by atoms with Crippen molar-refractivity contribution in [2.24, 2.45) is 0 Å². The summed E-state index contributed by atoms with van der Waals surface area (Å²) in [5.74, 6) is -0.148. The number of imidazole rings is 1. The molecule has 2 aromatic heterocycles. The fraction of sp³-hybridized carbons (Fsp3) is 0.154. The van der Waals surface area contributed by atoms with Crippen molar-refractivity contribution in [3.63, 3.8) is 0 Å². The molecule has 0 fully saturated rings. The minimum Gasteiger partial charge on any atom is -0.478 e. The average molecular weight is 273 g/mol. The van der Waals surface area contributed by atoms with Gasteiger partial charge in [0.2, 0.25) is 0 Å². The first-order valence-electron chi connectivity index (χ1n) is 5.73. The monoisotopic (exact) mass is 273 g/mol. The smallest absolute Gasteiger partial charge is 0.337 e. The van der Waals surface area contributed by atoms with Crippen LogP contribution in [0.3, 0.4) is 0 Å². The summed E-state index contributed by atoms with van der Waals surface area (Å²) in [6.07, 6.45) is 1.82. The second-order valence-corrected chi connectivity index (χ2v) is 5.16. The van der Waals surface area contributed by atoms with Crippen LogP contribution in [-0.2, 0) is 6.54 Å². The first-order chi connectivity index (χ1) is 9.16. The molecule has 1 N–H and O–H groups in total. The van der Waals surface area contributed by atoms with E-state index in [0.717, 1.165) is 16.2 Å². The van der Waals surface area contributed by atoms with Crippen LogP contribution >= 0.6 is 11.3 Å². The molecular weight excluding hydrogens is 262 g/mol. The number of rotatable bonds is 3. The average Bonchev–Trinajstić information content (AvgIpc) is 2.98. The number of hydrogen-bond acceptors (Lipinski definition) is 4. The highest BCUT2D eigenvalue weighted by Crippen LogP contribution is 2.22. The Morgan fingerprint density at radius 1 is 1.47 bits per heavy atom. The first kappa shape index (κ1) is 11.9. The quantitative estimate of drug-likeness (QED) is 0.796. The number of hydrogen-bond donors (Lipinski definition) is 1. The van der Waals surface area contributed by atoms with E-state index in [4.69, 9.17) is 0 Å². The molecule has 0 amide bonds. The van der Waals surface area contributed by atoms with Gasteiger partial charge in [0, 0.05) is 11.1 Å². The van der Waals surface area contributed by atoms with Crippen LogP contribution in [0.15, 0.2) is 29.9 Å². The molecule has 96 valence electrons. The van der Waals surface area contributed by atoms with E-state index in [0.29, 0.717) is 12.1 Å². The first-order valence-corrected chi connectivity index (χ1v) is 6.61. The molecule has 0 aliphatic rings. The molecule has 0 unspecified atom stereocenters. The third-order valence-electron chi connectivity index (χ3n) is 3.00. The van der Waals surface area contributed by atoms with Crippen LogP contribution in [0.2, 0.25) is 0 Å². The Labute approximate surface area is 113 Å². The fourth-order valence-corrected chi connectivity index (χ4v) is 2.69. The minimum absolute atomic E-state index is 0.239. The molecule has 0 atom stereocenters. The zero-order valence-corrected chi connectivity index (χ0v) is 11.0. The highest BCUT2D eigenvalue weighted by Gasteiger charge is 2.15. The number of thiazole rings is 1. The molecule has 5 nitrogen and oxygen atoms in total. The fourth-order valence-electron chi connectivity index (χ4n) is 2.11. The summed E-state index contributed by atoms with van der Waals surface area (Å²) < 4.78 is 2.01. The van der Waals surface area contributed by atoms with Gasteiger partial charge in [0.25, 0.3) is 0 Å². The van der Waals surface area contributed by atoms with Crippen LogP contribution in [0, 0.1) is 6.92 Å². The zero-order valence-electron chi connectivity index (χ0n) is 10.2. The SMILES string of the molecule is Cc1nc2c(C(=O)O)cccc2n1Cc1cncs1. The van der Waals surface area contributed by atoms with Crippen molar-refractivity contribution in [2.75, 3.05) is 0 Å². The van der Waals surface area contributed by atoms with Gasteiger partial charge >= 0.3 is 5.97 Å². The summed E-state index contributed by atoms with van der Waals surface area (Å²) in [6, 6.07) is 5.22. The molecular formula is C13H11N3O2S. The third kappa shape index (κ3) is 2.00. The summed E-state index contributed by atoms with van der Waals surface area (Å²) in [6.45, 7) is 2.54. The highest BCUT2D eigenvalue weighted by molar-refractivity contribution is 7.09. The second kappa shape index (κ2) is 4.47. The number of carbonyl (C=O) groups is 1. The zero-order chi connectivity index (χ0) is 13.4. The number of carboxylic acids is 1. The van der Waals surface area contributed by atoms with Crippen LogP contribution in [0.4, 0.5) is 0 Å². The largest absolute Gasteiger partial charge is 0.478 e. The van der Waals surface area contributed by atoms with E-state index in [1.807, 2.05) is 23.8 Å². The minimum atomic E-state index is -0.951. The van der Waals surface area contributed by atoms with Gasteiger partial charge in [-0.15, -0.1) is 11.3 Å². The molecule has 19 heavy (non-hydrogen) atoms. The molecule has 0 saturated heterocycles. The van der Waals surface area contributed by atoms with Gasteiger partial charge in [0.1, 0.15) is 11.3 Å². The van der Waals surface area contributed by atoms with Gasteiger partial charge in [-0.25, -0.2) is 9.78 Å². The maximum Gasteiger partial charge on any atom is 0.337 e. The number of carboxylic acid groups (broad SMARTS) is 1. The van der Waals surface area contributed by atoms with Crippen LogP contribution in [-0.4, -0.2) is 25.6 Å². The lowest BCUT2D eigenvalue weighted by atomic mass is 10.2. The van der Waals surface area contributed by atoms with Crippen molar-refractivity contribution < 1.29 is 9.90 Å². The molecule has 1 aromatic carbocycles. The Kier molecular flexibility index (Phi) is 2.79. The molecule has 0 spiro atoms. The van der Waals surface area contributed by atoms with Gasteiger partial charge in [-0.3, -0.25) is 4.98 Å². The summed E-state index contributed by atoms with van der Waals surface area (Å²) in [4.78, 5) is 20.7. The topological polar surface area (TPSA) is 68.0 Å². The van der Waals surface area contributed by atoms with E-state index in [2.05, 4.69) is 9.97 Å². The molecule has 0 bridgehead atoms. The molecule has 3 aromatic rings. The number of nitrogens with zero attached hydrogens (tertiary/aromatic N) is 3. The number of para-hydroxylation sites is 1. The summed E-state index contributed by atoms with van der Waals surface area (Å²) in [7, 11) is 0. The Morgan fingerprint density at radius 2 is 2.32 bits per heavy atom. The van der Waals surface area contributed by atoms with Crippen molar-refractivity contribution in [1.82, 2.24) is 14.5 Å². The maximum atomic E-state index is 11.2. The van der Waals surface area contributed by atoms with E-state index in [-0.39, 0.29) is 5.56 Å². The highest BCUT2D eigenvalue weighted by atomic mass is 32.1. The summed E-state index contributed by atoms with van der Waals surface area (Å²) in [5, 5.41) is 9.18. The van der Waals surface area contributed by atoms with Crippen molar-refractivity contribution in [1.29, 1.82) is 0 Å². The van der Waals surface area contributed by atoms with Crippen molar-refractivity contribution >= 4 is 28.3 Å². The van der Waals surface area contributed by atoms with Crippen LogP contribution in [0.5, 0.6) is 0 Å². The lowest BCUT2D eigenvalue weighted by Gasteiger charge is -2.04. The van der Waals surface area contributed by atoms with Gasteiger partial charge in [0.05, 0.1) is 23.1 Å². The number of benzene rings is 1. The predicted octanol–water partition coefficient (Wildman–Crippen LogP) is 2.55. The number of fused-ring (bicyclic) bond motifs is 1. The lowest BCUT2D eigenvalue weighted by molar-refractivity contribution is 0.0699. The van der Waals surface area contributed by atoms with Gasteiger partial charge in [0.15, 0.2) is 0 Å². The molecule has 0 aliphatic carbocycles. The third-order valence-corrected chi connectivity index (χ3v) is 3.76. The van der Waals surface area contributed by atoms with Gasteiger partial charge in [-0.05, 0) is 19.1 Å². The normalized spacial score (nSPS) is 11.0. The van der Waals surface area contributed by atoms with Gasteiger partial charge in [-0.2, -0.15) is 0 Å². The van der Waals surface area contributed by atoms with Crippen molar-refractivity contribution in [2.45, 2.75) is 13.5 Å². The lowest BCUT2D eigenvalue weighted by Crippen LogP contribution is -2.01. The van der Waals surface area contributed by atoms with Gasteiger partial charge < -0.3 is 9.67 Å². The second-order valence-electron chi connectivity index (χ2n) is 4.19. The Bertz CT molecular complexity index is 747. The molecule has 2 heterocycles. The Balaban J connectivity index is 2.17. The predicted molar refractivity (Wildman–Crippen MR) is 72.6 cm³/mol. The Morgan fingerprint density at radius 3 is 3.00 bits per heavy atom. The molecule has 0 saturated carbocycles. The molecule has 0 radical (unpaired) electrons. The molecule has 3 rings (SSSR count). The number of aryl methyl sites for hydroxylation is 1. The van der Waals surface area contributed by atoms with Crippen LogP contribution in [0.1, 0.15) is 21.1 Å². The van der Waals surface area contributed by atoms with Gasteiger partial charge in [-0.1, -0.05) is 6.07 Å². The van der Waals surface area contributed by atoms with Crippen molar-refractivity contribution in [3.8, 4) is 0 Å². The van der Waals surface area contributed by atoms with Crippen molar-refractivity contribution in [3.05, 3.63) is 46.2 Å². The van der Waals surface area contributed by atoms with E-state index >= 15 is 0 Å². The van der Waals surface area contributed by atoms with Crippen LogP contribution < -0.4 is 0 Å². The Hall–Kier alpha value is -2.21. The molecule has 0 aliphatic heterocycles. The van der Waals surface area contributed by atoms with Crippen LogP contribution in [0.25, 0.3) is 11.0 Å². The summed E-state index contributed by atoms with van der Waals surface area (Å²) >= 11 is 1.57. The van der Waals surface area contributed by atoms with E-state index in [1.54, 1.807) is 29.0 Å². The van der Waals surface area contributed by atoms with E-state index in [9.17, 15) is 9.90 Å². The molecule has 6 heteroatoms. The number of aromatic nitrogens is 3. The standard InChI is InChI=1S/C13H11N3O2S/c1-8-15-12-10(13(17)18)3-2-4-11(12)16(8)6-9-5-14-7-19-9/h2-5,7H,6H2,1H3,(H,17,18). The summed E-state index contributed by atoms with van der Waals surface area (Å²) in [5.41, 5.74) is 3.40. The van der Waals surface area contributed by atoms with E-state index in [1.165, 1.54) is 0 Å². The maximum absolute atomic E-state index is 11.2. The number of aromatic carboxylic acids is 1. The van der Waals surface area contributed by atoms with E-state index < -0.39 is 5.97 Å².